The number of rotatable bonds is 11. The fraction of sp³-hybridized carbons (Fsp3) is 0.200. The number of esters is 1. The molecule has 1 aromatic heterocycles. The number of benzene rings is 2. The van der Waals surface area contributed by atoms with Crippen LogP contribution in [0.2, 0.25) is 0 Å². The average Bonchev–Trinajstić information content (AvgIpc) is 2.82. The molecule has 7 nitrogen and oxygen atoms in total. The van der Waals surface area contributed by atoms with Crippen molar-refractivity contribution in [3.8, 4) is 11.8 Å². The molecule has 2 aromatic carbocycles. The zero-order valence-electron chi connectivity index (χ0n) is 17.7. The summed E-state index contributed by atoms with van der Waals surface area (Å²) in [5, 5.41) is 0. The third-order valence-corrected chi connectivity index (χ3v) is 4.38. The molecule has 0 atom stereocenters. The summed E-state index contributed by atoms with van der Waals surface area (Å²) in [4.78, 5) is 40.5. The molecule has 164 valence electrons. The summed E-state index contributed by atoms with van der Waals surface area (Å²) in [6.07, 6.45) is -0.612. The number of carbonyl (C=O) groups excluding carboxylic acids is 3. The van der Waals surface area contributed by atoms with Crippen molar-refractivity contribution < 1.29 is 28.6 Å². The molecule has 0 aliphatic heterocycles. The lowest BCUT2D eigenvalue weighted by molar-refractivity contribution is -0.153. The Balaban J connectivity index is 1.77. The van der Waals surface area contributed by atoms with E-state index in [4.69, 9.17) is 9.47 Å². The van der Waals surface area contributed by atoms with E-state index in [-0.39, 0.29) is 37.1 Å². The Morgan fingerprint density at radius 3 is 1.75 bits per heavy atom. The molecule has 0 amide bonds. The van der Waals surface area contributed by atoms with Crippen LogP contribution in [0.3, 0.4) is 0 Å². The van der Waals surface area contributed by atoms with E-state index in [0.717, 1.165) is 11.1 Å². The normalized spacial score (nSPS) is 10.3. The summed E-state index contributed by atoms with van der Waals surface area (Å²) in [6, 6.07) is 21.8. The van der Waals surface area contributed by atoms with Crippen molar-refractivity contribution in [2.24, 2.45) is 0 Å². The first-order chi connectivity index (χ1) is 15.5. The Hall–Kier alpha value is -4.00. The Labute approximate surface area is 186 Å². The zero-order valence-corrected chi connectivity index (χ0v) is 17.7. The molecule has 0 saturated carbocycles. The van der Waals surface area contributed by atoms with Crippen molar-refractivity contribution in [2.75, 3.05) is 6.61 Å². The third-order valence-electron chi connectivity index (χ3n) is 4.38. The van der Waals surface area contributed by atoms with Gasteiger partial charge in [-0.3, -0.25) is 9.59 Å². The van der Waals surface area contributed by atoms with Crippen LogP contribution in [0.1, 0.15) is 34.8 Å². The van der Waals surface area contributed by atoms with E-state index in [1.165, 1.54) is 12.1 Å². The van der Waals surface area contributed by atoms with Crippen molar-refractivity contribution in [2.45, 2.75) is 26.6 Å². The Kier molecular flexibility index (Phi) is 8.09. The number of ketones is 2. The number of carbonyl (C=O) groups is 3. The van der Waals surface area contributed by atoms with Crippen LogP contribution in [0.15, 0.2) is 72.8 Å². The Morgan fingerprint density at radius 2 is 1.28 bits per heavy atom. The molecule has 0 radical (unpaired) electrons. The Bertz CT molecular complexity index is 1000. The van der Waals surface area contributed by atoms with Gasteiger partial charge in [-0.15, -0.1) is 0 Å². The molecule has 32 heavy (non-hydrogen) atoms. The van der Waals surface area contributed by atoms with Crippen molar-refractivity contribution >= 4 is 17.5 Å². The number of aromatic nitrogens is 1. The van der Waals surface area contributed by atoms with Gasteiger partial charge in [0.15, 0.2) is 5.78 Å². The van der Waals surface area contributed by atoms with Crippen molar-refractivity contribution in [1.29, 1.82) is 0 Å². The van der Waals surface area contributed by atoms with Gasteiger partial charge in [-0.1, -0.05) is 60.7 Å². The monoisotopic (exact) mass is 433 g/mol. The van der Waals surface area contributed by atoms with E-state index in [1.807, 2.05) is 60.7 Å². The molecule has 0 aliphatic rings. The zero-order chi connectivity index (χ0) is 22.8. The maximum atomic E-state index is 12.6. The van der Waals surface area contributed by atoms with Crippen LogP contribution in [0.4, 0.5) is 0 Å². The topological polar surface area (TPSA) is 91.8 Å². The molecule has 0 spiro atoms. The molecule has 0 saturated heterocycles. The summed E-state index contributed by atoms with van der Waals surface area (Å²) in [6.45, 7) is 2.13. The largest absolute Gasteiger partial charge is 0.473 e. The highest BCUT2D eigenvalue weighted by Crippen LogP contribution is 2.21. The molecule has 0 N–H and O–H groups in total. The number of nitrogens with zero attached hydrogens (tertiary/aromatic N) is 1. The van der Waals surface area contributed by atoms with Gasteiger partial charge in [0.05, 0.1) is 13.0 Å². The second-order valence-electron chi connectivity index (χ2n) is 6.82. The predicted molar refractivity (Wildman–Crippen MR) is 116 cm³/mol. The van der Waals surface area contributed by atoms with Gasteiger partial charge in [-0.25, -0.2) is 4.79 Å². The summed E-state index contributed by atoms with van der Waals surface area (Å²) in [5.74, 6) is -2.15. The van der Waals surface area contributed by atoms with Crippen molar-refractivity contribution in [1.82, 2.24) is 4.98 Å². The molecule has 3 aromatic rings. The first-order valence-corrected chi connectivity index (χ1v) is 10.1. The van der Waals surface area contributed by atoms with Gasteiger partial charge in [-0.2, -0.15) is 4.98 Å². The van der Waals surface area contributed by atoms with Crippen molar-refractivity contribution in [3.05, 3.63) is 89.5 Å². The second kappa shape index (κ2) is 11.4. The van der Waals surface area contributed by atoms with Gasteiger partial charge >= 0.3 is 5.97 Å². The summed E-state index contributed by atoms with van der Waals surface area (Å²) < 4.78 is 16.2. The highest BCUT2D eigenvalue weighted by atomic mass is 16.5. The van der Waals surface area contributed by atoms with Crippen LogP contribution >= 0.6 is 0 Å². The predicted octanol–water partition coefficient (Wildman–Crippen LogP) is 3.94. The number of hydrogen-bond acceptors (Lipinski definition) is 7. The van der Waals surface area contributed by atoms with Gasteiger partial charge in [0.1, 0.15) is 13.2 Å². The van der Waals surface area contributed by atoms with E-state index in [2.05, 4.69) is 9.72 Å². The molecule has 1 heterocycles. The summed E-state index contributed by atoms with van der Waals surface area (Å²) in [7, 11) is 0. The highest BCUT2D eigenvalue weighted by molar-refractivity contribution is 6.38. The maximum absolute atomic E-state index is 12.6. The first-order valence-electron chi connectivity index (χ1n) is 10.1. The molecule has 7 heteroatoms. The number of pyridine rings is 1. The van der Waals surface area contributed by atoms with E-state index in [9.17, 15) is 14.4 Å². The van der Waals surface area contributed by atoms with Crippen LogP contribution < -0.4 is 9.47 Å². The number of Topliss-reactive ketones (excluding diaryl/α,β-unsaturated/α-hetero) is 2. The average molecular weight is 433 g/mol. The lowest BCUT2D eigenvalue weighted by Gasteiger charge is -2.11. The fourth-order valence-corrected chi connectivity index (χ4v) is 2.78. The Morgan fingerprint density at radius 1 is 0.781 bits per heavy atom. The van der Waals surface area contributed by atoms with Gasteiger partial charge < -0.3 is 14.2 Å². The minimum absolute atomic E-state index is 0.0585. The molecular weight excluding hydrogens is 410 g/mol. The molecule has 0 unspecified atom stereocenters. The SMILES string of the molecule is CCOC(=O)C(=O)CC(=O)c1cc(OCc2ccccc2)nc(OCc2ccccc2)c1. The molecular formula is C25H23NO6. The molecule has 0 aliphatic carbocycles. The molecule has 3 rings (SSSR count). The highest BCUT2D eigenvalue weighted by Gasteiger charge is 2.21. The van der Waals surface area contributed by atoms with Gasteiger partial charge in [-0.05, 0) is 18.1 Å². The van der Waals surface area contributed by atoms with E-state index >= 15 is 0 Å². The summed E-state index contributed by atoms with van der Waals surface area (Å²) >= 11 is 0. The molecule has 0 bridgehead atoms. The lowest BCUT2D eigenvalue weighted by Crippen LogP contribution is -2.20. The standard InChI is InChI=1S/C25H23NO6/c1-2-30-25(29)22(28)15-21(27)20-13-23(31-16-18-9-5-3-6-10-18)26-24(14-20)32-17-19-11-7-4-8-12-19/h3-14H,2,15-17H2,1H3. The van der Waals surface area contributed by atoms with Crippen LogP contribution in [0.5, 0.6) is 11.8 Å². The van der Waals surface area contributed by atoms with Crippen LogP contribution in [-0.2, 0) is 27.5 Å². The van der Waals surface area contributed by atoms with E-state index < -0.39 is 24.0 Å². The first kappa shape index (κ1) is 22.7. The number of ether oxygens (including phenoxy) is 3. The minimum atomic E-state index is -1.03. The lowest BCUT2D eigenvalue weighted by atomic mass is 10.1. The van der Waals surface area contributed by atoms with Gasteiger partial charge in [0, 0.05) is 17.7 Å². The van der Waals surface area contributed by atoms with Gasteiger partial charge in [0.2, 0.25) is 17.5 Å². The van der Waals surface area contributed by atoms with Gasteiger partial charge in [0.25, 0.3) is 0 Å². The van der Waals surface area contributed by atoms with Crippen LogP contribution in [-0.4, -0.2) is 29.1 Å². The van der Waals surface area contributed by atoms with Crippen LogP contribution in [0, 0.1) is 0 Å². The maximum Gasteiger partial charge on any atom is 0.375 e. The fourth-order valence-electron chi connectivity index (χ4n) is 2.78. The van der Waals surface area contributed by atoms with Crippen molar-refractivity contribution in [3.63, 3.8) is 0 Å². The summed E-state index contributed by atoms with van der Waals surface area (Å²) in [5.41, 5.74) is 2.01. The number of hydrogen-bond donors (Lipinski definition) is 0. The van der Waals surface area contributed by atoms with E-state index in [1.54, 1.807) is 6.92 Å². The minimum Gasteiger partial charge on any atom is -0.473 e. The van der Waals surface area contributed by atoms with E-state index in [0.29, 0.717) is 0 Å². The van der Waals surface area contributed by atoms with Crippen LogP contribution in [0.25, 0.3) is 0 Å². The third kappa shape index (κ3) is 6.77. The second-order valence-corrected chi connectivity index (χ2v) is 6.82. The smallest absolute Gasteiger partial charge is 0.375 e. The molecule has 0 fully saturated rings. The quantitative estimate of drug-likeness (QED) is 0.196.